The maximum atomic E-state index is 11.1. The fourth-order valence-corrected chi connectivity index (χ4v) is 2.50. The smallest absolute Gasteiger partial charge is 0.274 e. The van der Waals surface area contributed by atoms with Crippen LogP contribution in [-0.4, -0.2) is 32.6 Å². The number of aliphatic hydroxyl groups is 1. The molecule has 0 amide bonds. The quantitative estimate of drug-likeness (QED) is 0.499. The van der Waals surface area contributed by atoms with Crippen LogP contribution in [0.5, 0.6) is 0 Å². The van der Waals surface area contributed by atoms with Crippen molar-refractivity contribution >= 4 is 17.5 Å². The summed E-state index contributed by atoms with van der Waals surface area (Å²) in [7, 11) is 0. The molecule has 1 fully saturated rings. The van der Waals surface area contributed by atoms with E-state index in [1.54, 1.807) is 18.2 Å². The third-order valence-electron chi connectivity index (χ3n) is 4.04. The van der Waals surface area contributed by atoms with E-state index in [9.17, 15) is 15.2 Å². The molecule has 1 aromatic heterocycles. The molecule has 8 heteroatoms. The summed E-state index contributed by atoms with van der Waals surface area (Å²) < 4.78 is 0. The molecule has 3 N–H and O–H groups in total. The van der Waals surface area contributed by atoms with Gasteiger partial charge in [0.05, 0.1) is 17.2 Å². The zero-order valence-electron chi connectivity index (χ0n) is 14.0. The van der Waals surface area contributed by atoms with Gasteiger partial charge < -0.3 is 15.7 Å². The van der Waals surface area contributed by atoms with Crippen LogP contribution in [-0.2, 0) is 6.54 Å². The molecular weight excluding hydrogens is 322 g/mol. The van der Waals surface area contributed by atoms with Crippen molar-refractivity contribution in [3.8, 4) is 0 Å². The first-order valence-corrected chi connectivity index (χ1v) is 8.29. The molecule has 1 aliphatic carbocycles. The summed E-state index contributed by atoms with van der Waals surface area (Å²) >= 11 is 0. The van der Waals surface area contributed by atoms with Gasteiger partial charge in [0, 0.05) is 36.2 Å². The molecule has 1 atom stereocenters. The minimum atomic E-state index is -0.386. The molecule has 0 saturated heterocycles. The van der Waals surface area contributed by atoms with Crippen LogP contribution >= 0.6 is 0 Å². The molecule has 1 aromatic carbocycles. The lowest BCUT2D eigenvalue weighted by atomic mass is 10.2. The van der Waals surface area contributed by atoms with Crippen molar-refractivity contribution in [2.45, 2.75) is 38.3 Å². The van der Waals surface area contributed by atoms with Gasteiger partial charge in [-0.15, -0.1) is 0 Å². The molecule has 0 unspecified atom stereocenters. The summed E-state index contributed by atoms with van der Waals surface area (Å²) in [6.07, 6.45) is 2.21. The molecular formula is C17H21N5O3. The number of nitrogens with one attached hydrogen (secondary N) is 2. The minimum absolute atomic E-state index is 0.0179. The highest BCUT2D eigenvalue weighted by Crippen LogP contribution is 2.40. The van der Waals surface area contributed by atoms with Gasteiger partial charge in [0.25, 0.3) is 5.69 Å². The van der Waals surface area contributed by atoms with Gasteiger partial charge in [-0.05, 0) is 19.8 Å². The lowest BCUT2D eigenvalue weighted by Crippen LogP contribution is -2.21. The average molecular weight is 343 g/mol. The van der Waals surface area contributed by atoms with Crippen LogP contribution in [0.1, 0.15) is 36.9 Å². The predicted molar refractivity (Wildman–Crippen MR) is 94.6 cm³/mol. The van der Waals surface area contributed by atoms with Crippen LogP contribution in [0.3, 0.4) is 0 Å². The Morgan fingerprint density at radius 2 is 2.12 bits per heavy atom. The lowest BCUT2D eigenvalue weighted by molar-refractivity contribution is -0.385. The monoisotopic (exact) mass is 343 g/mol. The lowest BCUT2D eigenvalue weighted by Gasteiger charge is -2.14. The van der Waals surface area contributed by atoms with Crippen molar-refractivity contribution in [2.75, 3.05) is 17.2 Å². The van der Waals surface area contributed by atoms with Crippen LogP contribution in [0.2, 0.25) is 0 Å². The van der Waals surface area contributed by atoms with E-state index in [2.05, 4.69) is 20.6 Å². The summed E-state index contributed by atoms with van der Waals surface area (Å²) in [5.74, 6) is 1.51. The van der Waals surface area contributed by atoms with E-state index in [-0.39, 0.29) is 23.3 Å². The molecule has 0 bridgehead atoms. The largest absolute Gasteiger partial charge is 0.394 e. The minimum Gasteiger partial charge on any atom is -0.394 e. The molecule has 25 heavy (non-hydrogen) atoms. The number of aliphatic hydroxyl groups excluding tert-OH is 1. The number of nitrogens with zero attached hydrogens (tertiary/aromatic N) is 3. The second-order valence-corrected chi connectivity index (χ2v) is 6.24. The van der Waals surface area contributed by atoms with Gasteiger partial charge in [-0.25, -0.2) is 4.98 Å². The number of aromatic nitrogens is 2. The summed E-state index contributed by atoms with van der Waals surface area (Å²) in [4.78, 5) is 19.6. The molecule has 132 valence electrons. The van der Waals surface area contributed by atoms with Crippen LogP contribution < -0.4 is 10.6 Å². The Morgan fingerprint density at radius 1 is 1.36 bits per heavy atom. The Bertz CT molecular complexity index is 764. The molecule has 0 aliphatic heterocycles. The van der Waals surface area contributed by atoms with Crippen molar-refractivity contribution in [1.29, 1.82) is 0 Å². The number of anilines is 2. The maximum Gasteiger partial charge on any atom is 0.274 e. The Balaban J connectivity index is 1.78. The van der Waals surface area contributed by atoms with E-state index >= 15 is 0 Å². The number of nitro benzene ring substituents is 1. The van der Waals surface area contributed by atoms with E-state index in [0.717, 1.165) is 18.5 Å². The number of para-hydroxylation sites is 1. The summed E-state index contributed by atoms with van der Waals surface area (Å²) in [5.41, 5.74) is 1.63. The Morgan fingerprint density at radius 3 is 2.80 bits per heavy atom. The van der Waals surface area contributed by atoms with Crippen molar-refractivity contribution in [2.24, 2.45) is 0 Å². The fraction of sp³-hybridized carbons (Fsp3) is 0.412. The third kappa shape index (κ3) is 4.42. The van der Waals surface area contributed by atoms with Gasteiger partial charge in [-0.2, -0.15) is 4.98 Å². The number of hydrogen-bond donors (Lipinski definition) is 3. The highest BCUT2D eigenvalue weighted by atomic mass is 16.6. The van der Waals surface area contributed by atoms with Crippen molar-refractivity contribution < 1.29 is 10.0 Å². The first-order chi connectivity index (χ1) is 12.1. The van der Waals surface area contributed by atoms with Gasteiger partial charge in [0.2, 0.25) is 5.95 Å². The average Bonchev–Trinajstić information content (AvgIpc) is 3.45. The van der Waals surface area contributed by atoms with Crippen LogP contribution in [0.15, 0.2) is 30.3 Å². The molecule has 2 aromatic rings. The SMILES string of the molecule is C[C@@H](CO)Nc1nc(NCc2ccccc2[N+](=O)[O-])cc(C2CC2)n1. The topological polar surface area (TPSA) is 113 Å². The van der Waals surface area contributed by atoms with Gasteiger partial charge >= 0.3 is 0 Å². The number of nitro groups is 1. The van der Waals surface area contributed by atoms with Gasteiger partial charge in [-0.1, -0.05) is 18.2 Å². The summed E-state index contributed by atoms with van der Waals surface area (Å²) in [6.45, 7) is 2.12. The van der Waals surface area contributed by atoms with E-state index < -0.39 is 0 Å². The second kappa shape index (κ2) is 7.43. The molecule has 3 rings (SSSR count). The normalized spacial score (nSPS) is 14.8. The van der Waals surface area contributed by atoms with E-state index in [0.29, 0.717) is 29.8 Å². The molecule has 0 spiro atoms. The Kier molecular flexibility index (Phi) is 5.08. The summed E-state index contributed by atoms with van der Waals surface area (Å²) in [5, 5.41) is 26.5. The highest BCUT2D eigenvalue weighted by Gasteiger charge is 2.26. The third-order valence-corrected chi connectivity index (χ3v) is 4.04. The Hall–Kier alpha value is -2.74. The molecule has 0 radical (unpaired) electrons. The standard InChI is InChI=1S/C17H21N5O3/c1-11(10-23)19-17-20-14(12-6-7-12)8-16(21-17)18-9-13-4-2-3-5-15(13)22(24)25/h2-5,8,11-12,23H,6-7,9-10H2,1H3,(H2,18,19,20,21)/t11-/m0/s1. The molecule has 1 saturated carbocycles. The van der Waals surface area contributed by atoms with E-state index in [1.807, 2.05) is 13.0 Å². The number of benzene rings is 1. The first-order valence-electron chi connectivity index (χ1n) is 8.29. The zero-order chi connectivity index (χ0) is 17.8. The first kappa shape index (κ1) is 17.1. The molecule has 8 nitrogen and oxygen atoms in total. The van der Waals surface area contributed by atoms with Crippen molar-refractivity contribution in [3.63, 3.8) is 0 Å². The molecule has 1 aliphatic rings. The van der Waals surface area contributed by atoms with Crippen molar-refractivity contribution in [1.82, 2.24) is 9.97 Å². The predicted octanol–water partition coefficient (Wildman–Crippen LogP) is 2.67. The van der Waals surface area contributed by atoms with Crippen LogP contribution in [0.25, 0.3) is 0 Å². The van der Waals surface area contributed by atoms with E-state index in [4.69, 9.17) is 0 Å². The second-order valence-electron chi connectivity index (χ2n) is 6.24. The van der Waals surface area contributed by atoms with Crippen molar-refractivity contribution in [3.05, 3.63) is 51.7 Å². The van der Waals surface area contributed by atoms with Gasteiger partial charge in [0.1, 0.15) is 5.82 Å². The highest BCUT2D eigenvalue weighted by molar-refractivity contribution is 5.47. The van der Waals surface area contributed by atoms with E-state index in [1.165, 1.54) is 6.07 Å². The van der Waals surface area contributed by atoms with Gasteiger partial charge in [-0.3, -0.25) is 10.1 Å². The number of rotatable bonds is 8. The fourth-order valence-electron chi connectivity index (χ4n) is 2.50. The maximum absolute atomic E-state index is 11.1. The Labute approximate surface area is 145 Å². The summed E-state index contributed by atoms with van der Waals surface area (Å²) in [6, 6.07) is 8.37. The zero-order valence-corrected chi connectivity index (χ0v) is 14.0. The van der Waals surface area contributed by atoms with Crippen LogP contribution in [0, 0.1) is 10.1 Å². The van der Waals surface area contributed by atoms with Crippen LogP contribution in [0.4, 0.5) is 17.5 Å². The van der Waals surface area contributed by atoms with Gasteiger partial charge in [0.15, 0.2) is 0 Å². The molecule has 1 heterocycles. The number of hydrogen-bond acceptors (Lipinski definition) is 7.